The van der Waals surface area contributed by atoms with Gasteiger partial charge in [-0.2, -0.15) is 0 Å². The minimum Gasteiger partial charge on any atom is -0.399 e. The SMILES string of the molecule is CCc1cc(Br)ccc1NC(=O)c1cc(N)cc(N)c1. The van der Waals surface area contributed by atoms with Crippen molar-refractivity contribution >= 4 is 38.9 Å². The van der Waals surface area contributed by atoms with Crippen LogP contribution in [0.5, 0.6) is 0 Å². The Labute approximate surface area is 126 Å². The van der Waals surface area contributed by atoms with Gasteiger partial charge in [0.05, 0.1) is 0 Å². The minimum absolute atomic E-state index is 0.221. The van der Waals surface area contributed by atoms with E-state index >= 15 is 0 Å². The largest absolute Gasteiger partial charge is 0.399 e. The van der Waals surface area contributed by atoms with E-state index < -0.39 is 0 Å². The highest BCUT2D eigenvalue weighted by Crippen LogP contribution is 2.23. The molecular weight excluding hydrogens is 318 g/mol. The zero-order valence-electron chi connectivity index (χ0n) is 11.1. The fraction of sp³-hybridized carbons (Fsp3) is 0.133. The molecule has 0 heterocycles. The molecule has 0 bridgehead atoms. The van der Waals surface area contributed by atoms with E-state index in [1.165, 1.54) is 0 Å². The second-order valence-electron chi connectivity index (χ2n) is 4.50. The highest BCUT2D eigenvalue weighted by molar-refractivity contribution is 9.10. The Morgan fingerprint density at radius 2 is 1.80 bits per heavy atom. The van der Waals surface area contributed by atoms with Gasteiger partial charge in [-0.05, 0) is 48.4 Å². The van der Waals surface area contributed by atoms with Gasteiger partial charge in [0.15, 0.2) is 0 Å². The number of benzene rings is 2. The molecule has 0 saturated heterocycles. The van der Waals surface area contributed by atoms with E-state index in [1.54, 1.807) is 18.2 Å². The van der Waals surface area contributed by atoms with Crippen LogP contribution in [-0.2, 0) is 6.42 Å². The predicted molar refractivity (Wildman–Crippen MR) is 86.7 cm³/mol. The van der Waals surface area contributed by atoms with E-state index in [0.717, 1.165) is 22.1 Å². The zero-order chi connectivity index (χ0) is 14.7. The number of nitrogen functional groups attached to an aromatic ring is 2. The average Bonchev–Trinajstić information content (AvgIpc) is 2.39. The summed E-state index contributed by atoms with van der Waals surface area (Å²) in [6, 6.07) is 10.6. The normalized spacial score (nSPS) is 10.3. The molecule has 5 heteroatoms. The van der Waals surface area contributed by atoms with Gasteiger partial charge in [-0.25, -0.2) is 0 Å². The summed E-state index contributed by atoms with van der Waals surface area (Å²) in [5, 5.41) is 2.89. The smallest absolute Gasteiger partial charge is 0.255 e. The monoisotopic (exact) mass is 333 g/mol. The fourth-order valence-electron chi connectivity index (χ4n) is 1.98. The molecule has 2 rings (SSSR count). The Bertz CT molecular complexity index is 635. The average molecular weight is 334 g/mol. The number of carbonyl (C=O) groups excluding carboxylic acids is 1. The number of hydrogen-bond donors (Lipinski definition) is 3. The van der Waals surface area contributed by atoms with Crippen molar-refractivity contribution in [2.45, 2.75) is 13.3 Å². The molecule has 0 aliphatic rings. The van der Waals surface area contributed by atoms with Crippen LogP contribution < -0.4 is 16.8 Å². The molecular formula is C15H16BrN3O. The first-order valence-corrected chi connectivity index (χ1v) is 7.04. The summed E-state index contributed by atoms with van der Waals surface area (Å²) in [5.74, 6) is -0.221. The molecule has 5 N–H and O–H groups in total. The van der Waals surface area contributed by atoms with Gasteiger partial charge in [0.25, 0.3) is 5.91 Å². The van der Waals surface area contributed by atoms with Crippen LogP contribution in [0.3, 0.4) is 0 Å². The van der Waals surface area contributed by atoms with Gasteiger partial charge in [-0.1, -0.05) is 22.9 Å². The Balaban J connectivity index is 2.27. The maximum absolute atomic E-state index is 12.2. The number of anilines is 3. The highest BCUT2D eigenvalue weighted by atomic mass is 79.9. The van der Waals surface area contributed by atoms with Gasteiger partial charge in [-0.15, -0.1) is 0 Å². The van der Waals surface area contributed by atoms with Crippen LogP contribution in [0.15, 0.2) is 40.9 Å². The van der Waals surface area contributed by atoms with E-state index in [1.807, 2.05) is 25.1 Å². The number of amides is 1. The quantitative estimate of drug-likeness (QED) is 0.752. The number of rotatable bonds is 3. The lowest BCUT2D eigenvalue weighted by molar-refractivity contribution is 0.102. The minimum atomic E-state index is -0.221. The van der Waals surface area contributed by atoms with Crippen LogP contribution in [0.25, 0.3) is 0 Å². The van der Waals surface area contributed by atoms with Gasteiger partial charge in [0, 0.05) is 27.1 Å². The first-order chi connectivity index (χ1) is 9.49. The van der Waals surface area contributed by atoms with Crippen molar-refractivity contribution in [1.29, 1.82) is 0 Å². The molecule has 0 saturated carbocycles. The third-order valence-electron chi connectivity index (χ3n) is 2.94. The lowest BCUT2D eigenvalue weighted by Gasteiger charge is -2.11. The van der Waals surface area contributed by atoms with Crippen LogP contribution in [0.4, 0.5) is 17.1 Å². The summed E-state index contributed by atoms with van der Waals surface area (Å²) in [6.07, 6.45) is 0.828. The number of carbonyl (C=O) groups is 1. The zero-order valence-corrected chi connectivity index (χ0v) is 12.7. The third kappa shape index (κ3) is 3.30. The van der Waals surface area contributed by atoms with Crippen LogP contribution in [0.2, 0.25) is 0 Å². The molecule has 0 fully saturated rings. The lowest BCUT2D eigenvalue weighted by atomic mass is 10.1. The van der Waals surface area contributed by atoms with Crippen molar-refractivity contribution in [1.82, 2.24) is 0 Å². The number of nitrogens with two attached hydrogens (primary N) is 2. The molecule has 104 valence electrons. The van der Waals surface area contributed by atoms with Crippen molar-refractivity contribution in [3.05, 3.63) is 52.0 Å². The summed E-state index contributed by atoms with van der Waals surface area (Å²) in [6.45, 7) is 2.04. The number of hydrogen-bond acceptors (Lipinski definition) is 3. The van der Waals surface area contributed by atoms with Crippen molar-refractivity contribution in [2.75, 3.05) is 16.8 Å². The van der Waals surface area contributed by atoms with Gasteiger partial charge in [0.2, 0.25) is 0 Å². The first kappa shape index (κ1) is 14.4. The topological polar surface area (TPSA) is 81.1 Å². The van der Waals surface area contributed by atoms with E-state index in [2.05, 4.69) is 21.2 Å². The standard InChI is InChI=1S/C15H16BrN3O/c1-2-9-5-11(16)3-4-14(9)19-15(20)10-6-12(17)8-13(18)7-10/h3-8H,2,17-18H2,1H3,(H,19,20). The summed E-state index contributed by atoms with van der Waals surface area (Å²) in [4.78, 5) is 12.2. The molecule has 2 aromatic rings. The number of halogens is 1. The molecule has 0 aromatic heterocycles. The summed E-state index contributed by atoms with van der Waals surface area (Å²) in [5.41, 5.74) is 14.7. The maximum Gasteiger partial charge on any atom is 0.255 e. The van der Waals surface area contributed by atoms with Crippen molar-refractivity contribution < 1.29 is 4.79 Å². The predicted octanol–water partition coefficient (Wildman–Crippen LogP) is 3.43. The summed E-state index contributed by atoms with van der Waals surface area (Å²) < 4.78 is 0.987. The lowest BCUT2D eigenvalue weighted by Crippen LogP contribution is -2.14. The van der Waals surface area contributed by atoms with Crippen LogP contribution >= 0.6 is 15.9 Å². The number of aryl methyl sites for hydroxylation is 1. The Morgan fingerprint density at radius 1 is 1.15 bits per heavy atom. The molecule has 0 aliphatic carbocycles. The second kappa shape index (κ2) is 5.96. The Hall–Kier alpha value is -2.01. The van der Waals surface area contributed by atoms with Crippen molar-refractivity contribution in [3.63, 3.8) is 0 Å². The molecule has 0 atom stereocenters. The Kier molecular flexibility index (Phi) is 4.29. The third-order valence-corrected chi connectivity index (χ3v) is 3.43. The second-order valence-corrected chi connectivity index (χ2v) is 5.41. The van der Waals surface area contributed by atoms with Gasteiger partial charge < -0.3 is 16.8 Å². The molecule has 20 heavy (non-hydrogen) atoms. The molecule has 4 nitrogen and oxygen atoms in total. The van der Waals surface area contributed by atoms with Crippen LogP contribution in [0.1, 0.15) is 22.8 Å². The van der Waals surface area contributed by atoms with Crippen LogP contribution in [0, 0.1) is 0 Å². The van der Waals surface area contributed by atoms with E-state index in [-0.39, 0.29) is 5.91 Å². The molecule has 0 unspecified atom stereocenters. The van der Waals surface area contributed by atoms with Gasteiger partial charge in [0.1, 0.15) is 0 Å². The fourth-order valence-corrected chi connectivity index (χ4v) is 2.39. The van der Waals surface area contributed by atoms with E-state index in [0.29, 0.717) is 16.9 Å². The number of nitrogens with one attached hydrogen (secondary N) is 1. The van der Waals surface area contributed by atoms with E-state index in [9.17, 15) is 4.79 Å². The summed E-state index contributed by atoms with van der Waals surface area (Å²) >= 11 is 3.42. The molecule has 0 radical (unpaired) electrons. The van der Waals surface area contributed by atoms with Crippen LogP contribution in [-0.4, -0.2) is 5.91 Å². The maximum atomic E-state index is 12.2. The highest BCUT2D eigenvalue weighted by Gasteiger charge is 2.10. The first-order valence-electron chi connectivity index (χ1n) is 6.25. The Morgan fingerprint density at radius 3 is 2.40 bits per heavy atom. The van der Waals surface area contributed by atoms with Gasteiger partial charge in [-0.3, -0.25) is 4.79 Å². The van der Waals surface area contributed by atoms with Crippen molar-refractivity contribution in [3.8, 4) is 0 Å². The van der Waals surface area contributed by atoms with Crippen molar-refractivity contribution in [2.24, 2.45) is 0 Å². The summed E-state index contributed by atoms with van der Waals surface area (Å²) in [7, 11) is 0. The molecule has 0 aliphatic heterocycles. The molecule has 2 aromatic carbocycles. The molecule has 1 amide bonds. The van der Waals surface area contributed by atoms with E-state index in [4.69, 9.17) is 11.5 Å². The van der Waals surface area contributed by atoms with Gasteiger partial charge >= 0.3 is 0 Å². The molecule has 0 spiro atoms.